The summed E-state index contributed by atoms with van der Waals surface area (Å²) in [5.41, 5.74) is 4.08. The first-order valence-electron chi connectivity index (χ1n) is 9.82. The highest BCUT2D eigenvalue weighted by molar-refractivity contribution is 6.76. The molecule has 0 spiro atoms. The Labute approximate surface area is 175 Å². The molecule has 0 fully saturated rings. The lowest BCUT2D eigenvalue weighted by Crippen LogP contribution is -2.22. The third kappa shape index (κ3) is 4.36. The van der Waals surface area contributed by atoms with Crippen LogP contribution in [0, 0.1) is 0 Å². The molecule has 0 bridgehead atoms. The van der Waals surface area contributed by atoms with Gasteiger partial charge in [0.05, 0.1) is 5.52 Å². The van der Waals surface area contributed by atoms with Crippen LogP contribution in [-0.2, 0) is 11.5 Å². The summed E-state index contributed by atoms with van der Waals surface area (Å²) >= 11 is 0. The lowest BCUT2D eigenvalue weighted by atomic mass is 10.0. The Morgan fingerprint density at radius 2 is 1.97 bits per heavy atom. The van der Waals surface area contributed by atoms with Crippen molar-refractivity contribution in [3.63, 3.8) is 0 Å². The fraction of sp³-hybridized carbons (Fsp3) is 0.286. The number of carbonyl (C=O) groups is 1. The van der Waals surface area contributed by atoms with Crippen molar-refractivity contribution >= 4 is 25.3 Å². The predicted octanol–water partition coefficient (Wildman–Crippen LogP) is 4.01. The van der Waals surface area contributed by atoms with Gasteiger partial charge in [-0.15, -0.1) is 10.2 Å². The highest BCUT2D eigenvalue weighted by Gasteiger charge is 2.16. The van der Waals surface area contributed by atoms with E-state index in [1.165, 1.54) is 0 Å². The fourth-order valence-corrected chi connectivity index (χ4v) is 3.95. The van der Waals surface area contributed by atoms with E-state index in [0.717, 1.165) is 40.1 Å². The van der Waals surface area contributed by atoms with E-state index in [1.807, 2.05) is 41.1 Å². The van der Waals surface area contributed by atoms with E-state index in [9.17, 15) is 4.79 Å². The number of aromatic amines is 1. The van der Waals surface area contributed by atoms with E-state index in [-0.39, 0.29) is 0 Å². The molecule has 4 rings (SSSR count). The normalized spacial score (nSPS) is 11.8. The number of fused-ring (bicyclic) bond motifs is 1. The van der Waals surface area contributed by atoms with Gasteiger partial charge in [-0.1, -0.05) is 43.9 Å². The van der Waals surface area contributed by atoms with Crippen molar-refractivity contribution in [2.45, 2.75) is 32.4 Å². The standard InChI is InChI=1S/C21H24N6O2Si/c1-30(2,3)10-9-29-14-27-19-11-15(13-28)7-8-18(19)20(24-27)16-5-4-6-17(12-16)21-22-25-26-23-21/h4-8,11-13H,9-10,14H2,1-3H3,(H,22,23,25,26). The molecule has 30 heavy (non-hydrogen) atoms. The smallest absolute Gasteiger partial charge is 0.204 e. The number of hydrogen-bond acceptors (Lipinski definition) is 6. The summed E-state index contributed by atoms with van der Waals surface area (Å²) in [6, 6.07) is 14.5. The first kappa shape index (κ1) is 20.1. The summed E-state index contributed by atoms with van der Waals surface area (Å²) in [5.74, 6) is 0.526. The topological polar surface area (TPSA) is 98.6 Å². The van der Waals surface area contributed by atoms with Gasteiger partial charge in [-0.05, 0) is 29.5 Å². The third-order valence-electron chi connectivity index (χ3n) is 4.86. The summed E-state index contributed by atoms with van der Waals surface area (Å²) < 4.78 is 7.75. The van der Waals surface area contributed by atoms with Crippen LogP contribution in [0.4, 0.5) is 0 Å². The maximum Gasteiger partial charge on any atom is 0.204 e. The molecule has 2 heterocycles. The number of benzene rings is 2. The number of carbonyl (C=O) groups excluding carboxylic acids is 1. The van der Waals surface area contributed by atoms with Gasteiger partial charge in [0.15, 0.2) is 0 Å². The van der Waals surface area contributed by atoms with E-state index in [2.05, 4.69) is 40.3 Å². The largest absolute Gasteiger partial charge is 0.360 e. The molecular weight excluding hydrogens is 396 g/mol. The Hall–Kier alpha value is -3.17. The quantitative estimate of drug-likeness (QED) is 0.263. The zero-order valence-corrected chi connectivity index (χ0v) is 18.3. The lowest BCUT2D eigenvalue weighted by Gasteiger charge is -2.15. The second kappa shape index (κ2) is 8.29. The zero-order valence-electron chi connectivity index (χ0n) is 17.3. The van der Waals surface area contributed by atoms with Crippen molar-refractivity contribution in [3.05, 3.63) is 48.0 Å². The van der Waals surface area contributed by atoms with Crippen molar-refractivity contribution in [2.75, 3.05) is 6.61 Å². The number of aromatic nitrogens is 6. The van der Waals surface area contributed by atoms with Crippen LogP contribution in [0.3, 0.4) is 0 Å². The van der Waals surface area contributed by atoms with Crippen molar-refractivity contribution in [3.8, 4) is 22.6 Å². The Bertz CT molecular complexity index is 1160. The van der Waals surface area contributed by atoms with Crippen molar-refractivity contribution in [1.29, 1.82) is 0 Å². The van der Waals surface area contributed by atoms with Gasteiger partial charge < -0.3 is 4.74 Å². The highest BCUT2D eigenvalue weighted by Crippen LogP contribution is 2.30. The maximum atomic E-state index is 11.3. The number of H-pyrrole nitrogens is 1. The van der Waals surface area contributed by atoms with Gasteiger partial charge in [-0.2, -0.15) is 10.3 Å². The molecule has 0 atom stereocenters. The molecule has 0 aliphatic heterocycles. The van der Waals surface area contributed by atoms with E-state index in [4.69, 9.17) is 9.84 Å². The van der Waals surface area contributed by atoms with Crippen molar-refractivity contribution < 1.29 is 9.53 Å². The number of rotatable bonds is 8. The minimum absolute atomic E-state index is 0.341. The molecule has 0 saturated heterocycles. The first-order valence-corrected chi connectivity index (χ1v) is 13.5. The monoisotopic (exact) mass is 420 g/mol. The summed E-state index contributed by atoms with van der Waals surface area (Å²) in [6.45, 7) is 8.02. The number of aldehydes is 1. The molecule has 2 aromatic heterocycles. The van der Waals surface area contributed by atoms with Crippen LogP contribution in [0.2, 0.25) is 25.7 Å². The number of nitrogens with one attached hydrogen (secondary N) is 1. The maximum absolute atomic E-state index is 11.3. The minimum atomic E-state index is -1.16. The second-order valence-corrected chi connectivity index (χ2v) is 14.0. The van der Waals surface area contributed by atoms with Crippen LogP contribution < -0.4 is 0 Å². The van der Waals surface area contributed by atoms with Crippen LogP contribution in [0.25, 0.3) is 33.5 Å². The summed E-state index contributed by atoms with van der Waals surface area (Å²) in [5, 5.41) is 20.0. The van der Waals surface area contributed by atoms with Gasteiger partial charge in [-0.25, -0.2) is 4.68 Å². The van der Waals surface area contributed by atoms with Crippen LogP contribution in [0.15, 0.2) is 42.5 Å². The van der Waals surface area contributed by atoms with Crippen LogP contribution in [0.1, 0.15) is 10.4 Å². The fourth-order valence-electron chi connectivity index (χ4n) is 3.19. The third-order valence-corrected chi connectivity index (χ3v) is 6.57. The molecule has 154 valence electrons. The molecule has 9 heteroatoms. The molecule has 4 aromatic rings. The van der Waals surface area contributed by atoms with E-state index in [1.54, 1.807) is 6.07 Å². The molecule has 0 aliphatic carbocycles. The number of hydrogen-bond donors (Lipinski definition) is 1. The predicted molar refractivity (Wildman–Crippen MR) is 118 cm³/mol. The van der Waals surface area contributed by atoms with Gasteiger partial charge in [0, 0.05) is 36.8 Å². The molecular formula is C21H24N6O2Si. The lowest BCUT2D eigenvalue weighted by molar-refractivity contribution is 0.0818. The average molecular weight is 421 g/mol. The van der Waals surface area contributed by atoms with Crippen LogP contribution in [0.5, 0.6) is 0 Å². The molecule has 0 amide bonds. The summed E-state index contributed by atoms with van der Waals surface area (Å²) in [7, 11) is -1.16. The second-order valence-electron chi connectivity index (χ2n) is 8.41. The Morgan fingerprint density at radius 3 is 2.70 bits per heavy atom. The van der Waals surface area contributed by atoms with Gasteiger partial charge in [0.1, 0.15) is 18.7 Å². The highest BCUT2D eigenvalue weighted by atomic mass is 28.3. The summed E-state index contributed by atoms with van der Waals surface area (Å²) in [6.07, 6.45) is 0.847. The van der Waals surface area contributed by atoms with E-state index < -0.39 is 8.07 Å². The molecule has 8 nitrogen and oxygen atoms in total. The average Bonchev–Trinajstić information content (AvgIpc) is 3.39. The van der Waals surface area contributed by atoms with Crippen molar-refractivity contribution in [1.82, 2.24) is 30.4 Å². The van der Waals surface area contributed by atoms with Gasteiger partial charge in [-0.3, -0.25) is 4.79 Å². The SMILES string of the molecule is C[Si](C)(C)CCOCn1nc(-c2cccc(-c3nn[nH]n3)c2)c2ccc(C=O)cc21. The van der Waals surface area contributed by atoms with Gasteiger partial charge in [0.25, 0.3) is 0 Å². The first-order chi connectivity index (χ1) is 14.4. The van der Waals surface area contributed by atoms with Crippen LogP contribution in [-0.4, -0.2) is 51.4 Å². The Balaban J connectivity index is 1.70. The van der Waals surface area contributed by atoms with Gasteiger partial charge >= 0.3 is 0 Å². The molecule has 0 aliphatic rings. The minimum Gasteiger partial charge on any atom is -0.360 e. The number of ether oxygens (including phenoxy) is 1. The molecule has 2 aromatic carbocycles. The number of tetrazole rings is 1. The molecule has 0 radical (unpaired) electrons. The van der Waals surface area contributed by atoms with Crippen LogP contribution >= 0.6 is 0 Å². The van der Waals surface area contributed by atoms with E-state index in [0.29, 0.717) is 24.7 Å². The van der Waals surface area contributed by atoms with Gasteiger partial charge in [0.2, 0.25) is 5.82 Å². The molecule has 0 unspecified atom stereocenters. The number of nitrogens with zero attached hydrogens (tertiary/aromatic N) is 5. The molecule has 1 N–H and O–H groups in total. The molecule has 0 saturated carbocycles. The van der Waals surface area contributed by atoms with E-state index >= 15 is 0 Å². The summed E-state index contributed by atoms with van der Waals surface area (Å²) in [4.78, 5) is 11.3. The van der Waals surface area contributed by atoms with Crippen molar-refractivity contribution in [2.24, 2.45) is 0 Å². The zero-order chi connectivity index (χ0) is 21.1. The Kier molecular flexibility index (Phi) is 5.56. The Morgan fingerprint density at radius 1 is 1.13 bits per heavy atom.